The van der Waals surface area contributed by atoms with Gasteiger partial charge in [-0.25, -0.2) is 15.0 Å². The number of hydrogen-bond donors (Lipinski definition) is 0. The molecule has 0 atom stereocenters. The van der Waals surface area contributed by atoms with Gasteiger partial charge in [-0.2, -0.15) is 0 Å². The Morgan fingerprint density at radius 2 is 0.825 bits per heavy atom. The lowest BCUT2D eigenvalue weighted by atomic mass is 9.98. The molecule has 0 aliphatic rings. The second-order valence-corrected chi connectivity index (χ2v) is 15.9. The fourth-order valence-corrected chi connectivity index (χ4v) is 9.43. The Labute approximate surface area is 361 Å². The third-order valence-corrected chi connectivity index (χ3v) is 12.3. The number of hydrogen-bond acceptors (Lipinski definition) is 5. The number of benzene rings is 9. The van der Waals surface area contributed by atoms with Crippen molar-refractivity contribution in [2.24, 2.45) is 0 Å². The van der Waals surface area contributed by atoms with E-state index in [-0.39, 0.29) is 0 Å². The second kappa shape index (κ2) is 14.0. The zero-order valence-corrected chi connectivity index (χ0v) is 33.7. The van der Waals surface area contributed by atoms with Gasteiger partial charge in [-0.05, 0) is 71.3 Å². The van der Waals surface area contributed by atoms with E-state index in [2.05, 4.69) is 138 Å². The molecule has 4 heterocycles. The maximum absolute atomic E-state index is 6.33. The Kier molecular flexibility index (Phi) is 7.80. The van der Waals surface area contributed by atoms with Crippen molar-refractivity contribution in [2.75, 3.05) is 0 Å². The predicted molar refractivity (Wildman–Crippen MR) is 256 cm³/mol. The van der Waals surface area contributed by atoms with Crippen molar-refractivity contribution >= 4 is 65.7 Å². The van der Waals surface area contributed by atoms with E-state index in [4.69, 9.17) is 23.8 Å². The van der Waals surface area contributed by atoms with Crippen molar-refractivity contribution in [1.29, 1.82) is 0 Å². The molecule has 13 rings (SSSR count). The summed E-state index contributed by atoms with van der Waals surface area (Å²) in [6.45, 7) is 0. The Hall–Kier alpha value is -8.61. The maximum Gasteiger partial charge on any atom is 0.164 e. The van der Waals surface area contributed by atoms with Gasteiger partial charge < -0.3 is 13.4 Å². The minimum absolute atomic E-state index is 0.580. The molecule has 0 aliphatic carbocycles. The summed E-state index contributed by atoms with van der Waals surface area (Å²) in [6.07, 6.45) is 0. The molecular formula is C57H34N4O2. The van der Waals surface area contributed by atoms with Crippen molar-refractivity contribution in [3.63, 3.8) is 0 Å². The lowest BCUT2D eigenvalue weighted by Gasteiger charge is -2.16. The van der Waals surface area contributed by atoms with Crippen LogP contribution in [0.25, 0.3) is 128 Å². The van der Waals surface area contributed by atoms with Crippen LogP contribution >= 0.6 is 0 Å². The average molecular weight is 807 g/mol. The summed E-state index contributed by atoms with van der Waals surface area (Å²) in [5.74, 6) is 1.76. The van der Waals surface area contributed by atoms with Crippen LogP contribution in [-0.4, -0.2) is 19.5 Å². The predicted octanol–water partition coefficient (Wildman–Crippen LogP) is 15.1. The normalized spacial score (nSPS) is 11.8. The van der Waals surface area contributed by atoms with E-state index in [0.717, 1.165) is 99.5 Å². The highest BCUT2D eigenvalue weighted by Crippen LogP contribution is 2.43. The average Bonchev–Trinajstić information content (AvgIpc) is 4.04. The SMILES string of the molecule is c1ccc(-c2nc(-c3ccc(-n4c5ccccc5c5ccc(-c6cccc7oc8ccccc8c67)cc54)c(-c4ccccc4)c3)nc(-c3cccc4oc5ccccc5c34)n2)cc1. The molecule has 0 spiro atoms. The molecule has 0 saturated carbocycles. The van der Waals surface area contributed by atoms with Crippen LogP contribution in [0, 0.1) is 0 Å². The molecule has 294 valence electrons. The van der Waals surface area contributed by atoms with Gasteiger partial charge >= 0.3 is 0 Å². The van der Waals surface area contributed by atoms with Crippen LogP contribution in [0.3, 0.4) is 0 Å². The summed E-state index contributed by atoms with van der Waals surface area (Å²) >= 11 is 0. The first-order valence-electron chi connectivity index (χ1n) is 21.1. The van der Waals surface area contributed by atoms with Gasteiger partial charge in [-0.15, -0.1) is 0 Å². The maximum atomic E-state index is 6.33. The molecule has 0 fully saturated rings. The first kappa shape index (κ1) is 35.2. The monoisotopic (exact) mass is 806 g/mol. The van der Waals surface area contributed by atoms with Crippen LogP contribution in [0.15, 0.2) is 215 Å². The van der Waals surface area contributed by atoms with Crippen LogP contribution in [-0.2, 0) is 0 Å². The molecule has 63 heavy (non-hydrogen) atoms. The highest BCUT2D eigenvalue weighted by molar-refractivity contribution is 6.15. The van der Waals surface area contributed by atoms with E-state index >= 15 is 0 Å². The molecule has 4 aromatic heterocycles. The van der Waals surface area contributed by atoms with Gasteiger partial charge in [-0.1, -0.05) is 152 Å². The summed E-state index contributed by atoms with van der Waals surface area (Å²) in [7, 11) is 0. The highest BCUT2D eigenvalue weighted by atomic mass is 16.3. The van der Waals surface area contributed by atoms with Crippen LogP contribution < -0.4 is 0 Å². The van der Waals surface area contributed by atoms with E-state index < -0.39 is 0 Å². The molecule has 6 heteroatoms. The fourth-order valence-electron chi connectivity index (χ4n) is 9.43. The largest absolute Gasteiger partial charge is 0.456 e. The van der Waals surface area contributed by atoms with Gasteiger partial charge in [0.1, 0.15) is 22.3 Å². The number of nitrogens with zero attached hydrogens (tertiary/aromatic N) is 4. The third kappa shape index (κ3) is 5.62. The summed E-state index contributed by atoms with van der Waals surface area (Å²) < 4.78 is 15.0. The summed E-state index contributed by atoms with van der Waals surface area (Å²) in [5, 5.41) is 6.59. The quantitative estimate of drug-likeness (QED) is 0.167. The third-order valence-electron chi connectivity index (χ3n) is 12.3. The fraction of sp³-hybridized carbons (Fsp3) is 0. The Balaban J connectivity index is 1.05. The van der Waals surface area contributed by atoms with Gasteiger partial charge in [0.25, 0.3) is 0 Å². The van der Waals surface area contributed by atoms with E-state index in [1.54, 1.807) is 0 Å². The lowest BCUT2D eigenvalue weighted by Crippen LogP contribution is -2.02. The lowest BCUT2D eigenvalue weighted by molar-refractivity contribution is 0.668. The molecule has 0 N–H and O–H groups in total. The van der Waals surface area contributed by atoms with Gasteiger partial charge in [0.2, 0.25) is 0 Å². The molecule has 0 unspecified atom stereocenters. The molecule has 13 aromatic rings. The zero-order valence-electron chi connectivity index (χ0n) is 33.7. The van der Waals surface area contributed by atoms with Crippen LogP contribution in [0.4, 0.5) is 0 Å². The van der Waals surface area contributed by atoms with E-state index in [1.807, 2.05) is 72.8 Å². The Morgan fingerprint density at radius 3 is 1.54 bits per heavy atom. The molecule has 0 aliphatic heterocycles. The number of para-hydroxylation sites is 3. The Bertz CT molecular complexity index is 3920. The number of fused-ring (bicyclic) bond motifs is 9. The van der Waals surface area contributed by atoms with Gasteiger partial charge in [-0.3, -0.25) is 0 Å². The van der Waals surface area contributed by atoms with Crippen molar-refractivity contribution in [2.45, 2.75) is 0 Å². The van der Waals surface area contributed by atoms with Gasteiger partial charge in [0.05, 0.1) is 16.7 Å². The standard InChI is InChI=1S/C57H34N4O2/c1-3-15-35(16-4-1)45-33-38(56-58-55(36-17-5-2-6-18-36)59-57(60-56)44-23-14-28-52-54(44)43-21-9-12-26-50(43)63-52)30-32-47(45)61-46-24-10-7-19-40(46)41-31-29-37(34-48(41)61)39-22-13-27-51-53(39)42-20-8-11-25-49(42)62-51/h1-34H. The van der Waals surface area contributed by atoms with Crippen molar-refractivity contribution < 1.29 is 8.83 Å². The second-order valence-electron chi connectivity index (χ2n) is 15.9. The summed E-state index contributed by atoms with van der Waals surface area (Å²) in [6, 6.07) is 71.6. The van der Waals surface area contributed by atoms with Crippen molar-refractivity contribution in [3.05, 3.63) is 206 Å². The van der Waals surface area contributed by atoms with Gasteiger partial charge in [0.15, 0.2) is 17.5 Å². The van der Waals surface area contributed by atoms with Crippen LogP contribution in [0.2, 0.25) is 0 Å². The first-order valence-corrected chi connectivity index (χ1v) is 21.1. The first-order chi connectivity index (χ1) is 31.2. The molecule has 9 aromatic carbocycles. The van der Waals surface area contributed by atoms with Crippen LogP contribution in [0.1, 0.15) is 0 Å². The number of furan rings is 2. The van der Waals surface area contributed by atoms with Crippen molar-refractivity contribution in [3.8, 4) is 62.1 Å². The number of rotatable bonds is 6. The minimum Gasteiger partial charge on any atom is -0.456 e. The molecule has 0 radical (unpaired) electrons. The highest BCUT2D eigenvalue weighted by Gasteiger charge is 2.22. The van der Waals surface area contributed by atoms with Gasteiger partial charge in [0, 0.05) is 54.6 Å². The molecular weight excluding hydrogens is 773 g/mol. The molecule has 0 saturated heterocycles. The molecule has 6 nitrogen and oxygen atoms in total. The Morgan fingerprint density at radius 1 is 0.302 bits per heavy atom. The minimum atomic E-state index is 0.580. The van der Waals surface area contributed by atoms with E-state index in [0.29, 0.717) is 17.5 Å². The smallest absolute Gasteiger partial charge is 0.164 e. The summed E-state index contributed by atoms with van der Waals surface area (Å²) in [5.41, 5.74) is 13.7. The topological polar surface area (TPSA) is 69.9 Å². The molecule has 0 bridgehead atoms. The van der Waals surface area contributed by atoms with E-state index in [9.17, 15) is 0 Å². The van der Waals surface area contributed by atoms with Crippen molar-refractivity contribution in [1.82, 2.24) is 19.5 Å². The van der Waals surface area contributed by atoms with E-state index in [1.165, 1.54) is 10.8 Å². The summed E-state index contributed by atoms with van der Waals surface area (Å²) in [4.78, 5) is 15.6. The molecule has 0 amide bonds. The number of aromatic nitrogens is 4. The van der Waals surface area contributed by atoms with Crippen LogP contribution in [0.5, 0.6) is 0 Å². The zero-order chi connectivity index (χ0) is 41.4.